The lowest BCUT2D eigenvalue weighted by Crippen LogP contribution is -2.36. The first kappa shape index (κ1) is 21.8. The molecule has 4 rings (SSSR count). The fourth-order valence-corrected chi connectivity index (χ4v) is 4.56. The lowest BCUT2D eigenvalue weighted by Gasteiger charge is -2.28. The number of aromatic nitrogens is 2. The second kappa shape index (κ2) is 9.37. The molecular formula is C21H22IN5O3S. The number of sulfonamides is 1. The molecule has 10 heteroatoms. The second-order valence-electron chi connectivity index (χ2n) is 7.05. The fourth-order valence-electron chi connectivity index (χ4n) is 3.14. The van der Waals surface area contributed by atoms with E-state index in [1.165, 1.54) is 0 Å². The van der Waals surface area contributed by atoms with E-state index in [0.29, 0.717) is 24.8 Å². The van der Waals surface area contributed by atoms with Gasteiger partial charge in [-0.05, 0) is 78.0 Å². The molecule has 0 saturated carbocycles. The number of benzene rings is 2. The van der Waals surface area contributed by atoms with Gasteiger partial charge in [0.25, 0.3) is 10.0 Å². The van der Waals surface area contributed by atoms with Gasteiger partial charge in [-0.25, -0.2) is 13.4 Å². The van der Waals surface area contributed by atoms with Crippen LogP contribution in [0.1, 0.15) is 5.69 Å². The van der Waals surface area contributed by atoms with Crippen molar-refractivity contribution in [2.45, 2.75) is 11.8 Å². The molecule has 0 amide bonds. The molecule has 162 valence electrons. The highest BCUT2D eigenvalue weighted by atomic mass is 127. The summed E-state index contributed by atoms with van der Waals surface area (Å²) in [4.78, 5) is 11.5. The molecule has 3 aromatic rings. The predicted octanol–water partition coefficient (Wildman–Crippen LogP) is 3.77. The van der Waals surface area contributed by atoms with Crippen LogP contribution in [0.4, 0.5) is 23.1 Å². The van der Waals surface area contributed by atoms with Crippen molar-refractivity contribution < 1.29 is 13.2 Å². The van der Waals surface area contributed by atoms with Gasteiger partial charge in [-0.1, -0.05) is 0 Å². The Bertz CT molecular complexity index is 1150. The molecule has 1 saturated heterocycles. The molecule has 2 heterocycles. The largest absolute Gasteiger partial charge is 0.378 e. The Labute approximate surface area is 195 Å². The molecule has 0 spiro atoms. The predicted molar refractivity (Wildman–Crippen MR) is 129 cm³/mol. The first-order chi connectivity index (χ1) is 14.9. The van der Waals surface area contributed by atoms with E-state index in [1.807, 2.05) is 13.0 Å². The SMILES string of the molecule is Cc1cc(N2CCOCC2)nc(Nc2ccc(NS(=O)(=O)c3ccc(I)cc3)cc2)n1. The van der Waals surface area contributed by atoms with Crippen LogP contribution in [0.25, 0.3) is 0 Å². The van der Waals surface area contributed by atoms with Crippen molar-refractivity contribution in [1.82, 2.24) is 9.97 Å². The molecular weight excluding hydrogens is 529 g/mol. The summed E-state index contributed by atoms with van der Waals surface area (Å²) in [5.41, 5.74) is 2.10. The summed E-state index contributed by atoms with van der Waals surface area (Å²) >= 11 is 2.14. The molecule has 0 atom stereocenters. The zero-order chi connectivity index (χ0) is 21.8. The number of nitrogens with zero attached hydrogens (tertiary/aromatic N) is 3. The number of rotatable bonds is 6. The third kappa shape index (κ3) is 5.63. The normalized spacial score (nSPS) is 14.3. The molecule has 31 heavy (non-hydrogen) atoms. The molecule has 0 bridgehead atoms. The van der Waals surface area contributed by atoms with Crippen LogP contribution >= 0.6 is 22.6 Å². The highest BCUT2D eigenvalue weighted by Crippen LogP contribution is 2.22. The highest BCUT2D eigenvalue weighted by molar-refractivity contribution is 14.1. The number of ether oxygens (including phenoxy) is 1. The third-order valence-electron chi connectivity index (χ3n) is 4.69. The number of morpholine rings is 1. The van der Waals surface area contributed by atoms with E-state index in [1.54, 1.807) is 48.5 Å². The smallest absolute Gasteiger partial charge is 0.261 e. The molecule has 2 aromatic carbocycles. The van der Waals surface area contributed by atoms with Crippen LogP contribution in [0, 0.1) is 10.5 Å². The summed E-state index contributed by atoms with van der Waals surface area (Å²) in [5, 5.41) is 3.19. The van der Waals surface area contributed by atoms with Crippen LogP contribution in [-0.2, 0) is 14.8 Å². The average molecular weight is 551 g/mol. The van der Waals surface area contributed by atoms with Crippen LogP contribution in [-0.4, -0.2) is 44.7 Å². The zero-order valence-electron chi connectivity index (χ0n) is 16.9. The zero-order valence-corrected chi connectivity index (χ0v) is 19.9. The van der Waals surface area contributed by atoms with E-state index in [0.717, 1.165) is 33.9 Å². The lowest BCUT2D eigenvalue weighted by molar-refractivity contribution is 0.122. The van der Waals surface area contributed by atoms with Gasteiger partial charge >= 0.3 is 0 Å². The van der Waals surface area contributed by atoms with Crippen LogP contribution in [0.2, 0.25) is 0 Å². The number of nitrogens with one attached hydrogen (secondary N) is 2. The Morgan fingerprint density at radius 3 is 2.29 bits per heavy atom. The van der Waals surface area contributed by atoms with Gasteiger partial charge in [0.15, 0.2) is 0 Å². The molecule has 1 aliphatic heterocycles. The summed E-state index contributed by atoms with van der Waals surface area (Å²) < 4.78 is 34.1. The first-order valence-electron chi connectivity index (χ1n) is 9.73. The Morgan fingerprint density at radius 2 is 1.61 bits per heavy atom. The number of anilines is 4. The standard InChI is InChI=1S/C21H22IN5O3S/c1-15-14-20(27-10-12-30-13-11-27)25-21(23-15)24-17-4-6-18(7-5-17)26-31(28,29)19-8-2-16(22)3-9-19/h2-9,14,26H,10-13H2,1H3,(H,23,24,25). The monoisotopic (exact) mass is 551 g/mol. The van der Waals surface area contributed by atoms with Crippen molar-refractivity contribution in [2.24, 2.45) is 0 Å². The molecule has 2 N–H and O–H groups in total. The number of aryl methyl sites for hydroxylation is 1. The van der Waals surface area contributed by atoms with Crippen molar-refractivity contribution in [1.29, 1.82) is 0 Å². The Kier molecular flexibility index (Phi) is 6.58. The minimum Gasteiger partial charge on any atom is -0.378 e. The molecule has 0 unspecified atom stereocenters. The van der Waals surface area contributed by atoms with Crippen molar-refractivity contribution in [2.75, 3.05) is 41.2 Å². The number of halogens is 1. The van der Waals surface area contributed by atoms with E-state index >= 15 is 0 Å². The molecule has 1 aliphatic rings. The maximum Gasteiger partial charge on any atom is 0.261 e. The molecule has 1 aromatic heterocycles. The Hall–Kier alpha value is -2.44. The van der Waals surface area contributed by atoms with Gasteiger partial charge < -0.3 is 15.0 Å². The van der Waals surface area contributed by atoms with Crippen LogP contribution in [0.3, 0.4) is 0 Å². The fraction of sp³-hybridized carbons (Fsp3) is 0.238. The van der Waals surface area contributed by atoms with E-state index in [-0.39, 0.29) is 4.90 Å². The van der Waals surface area contributed by atoms with Crippen molar-refractivity contribution >= 4 is 55.8 Å². The average Bonchev–Trinajstić information content (AvgIpc) is 2.75. The van der Waals surface area contributed by atoms with Gasteiger partial charge in [0.1, 0.15) is 5.82 Å². The van der Waals surface area contributed by atoms with E-state index in [9.17, 15) is 8.42 Å². The summed E-state index contributed by atoms with van der Waals surface area (Å²) in [5.74, 6) is 1.36. The summed E-state index contributed by atoms with van der Waals surface area (Å²) in [6.45, 7) is 4.90. The van der Waals surface area contributed by atoms with Crippen LogP contribution < -0.4 is 14.9 Å². The lowest BCUT2D eigenvalue weighted by atomic mass is 10.3. The van der Waals surface area contributed by atoms with E-state index in [2.05, 4.69) is 47.5 Å². The highest BCUT2D eigenvalue weighted by Gasteiger charge is 2.15. The van der Waals surface area contributed by atoms with Crippen molar-refractivity contribution in [3.63, 3.8) is 0 Å². The molecule has 8 nitrogen and oxygen atoms in total. The number of hydrogen-bond acceptors (Lipinski definition) is 7. The van der Waals surface area contributed by atoms with Crippen LogP contribution in [0.5, 0.6) is 0 Å². The number of hydrogen-bond donors (Lipinski definition) is 2. The van der Waals surface area contributed by atoms with Gasteiger partial charge in [-0.2, -0.15) is 4.98 Å². The van der Waals surface area contributed by atoms with Gasteiger partial charge in [0, 0.05) is 39.8 Å². The Balaban J connectivity index is 1.46. The third-order valence-corrected chi connectivity index (χ3v) is 6.81. The van der Waals surface area contributed by atoms with Gasteiger partial charge in [0.2, 0.25) is 5.95 Å². The van der Waals surface area contributed by atoms with Crippen LogP contribution in [0.15, 0.2) is 59.5 Å². The topological polar surface area (TPSA) is 96.5 Å². The molecule has 0 aliphatic carbocycles. The quantitative estimate of drug-likeness (QED) is 0.451. The van der Waals surface area contributed by atoms with Gasteiger partial charge in [-0.3, -0.25) is 4.72 Å². The maximum atomic E-state index is 12.6. The van der Waals surface area contributed by atoms with Gasteiger partial charge in [0.05, 0.1) is 18.1 Å². The second-order valence-corrected chi connectivity index (χ2v) is 9.98. The Morgan fingerprint density at radius 1 is 0.968 bits per heavy atom. The minimum absolute atomic E-state index is 0.221. The summed E-state index contributed by atoms with van der Waals surface area (Å²) in [6, 6.07) is 15.6. The van der Waals surface area contributed by atoms with E-state index in [4.69, 9.17) is 4.74 Å². The van der Waals surface area contributed by atoms with E-state index < -0.39 is 10.0 Å². The van der Waals surface area contributed by atoms with Crippen molar-refractivity contribution in [3.05, 3.63) is 63.9 Å². The van der Waals surface area contributed by atoms with Gasteiger partial charge in [-0.15, -0.1) is 0 Å². The molecule has 0 radical (unpaired) electrons. The summed E-state index contributed by atoms with van der Waals surface area (Å²) in [6.07, 6.45) is 0. The molecule has 1 fully saturated rings. The van der Waals surface area contributed by atoms with Crippen molar-refractivity contribution in [3.8, 4) is 0 Å². The first-order valence-corrected chi connectivity index (χ1v) is 12.3. The summed E-state index contributed by atoms with van der Waals surface area (Å²) in [7, 11) is -3.64. The maximum absolute atomic E-state index is 12.6. The minimum atomic E-state index is -3.64.